The fourth-order valence-corrected chi connectivity index (χ4v) is 3.64. The molecule has 2 fully saturated rings. The lowest BCUT2D eigenvalue weighted by Gasteiger charge is -2.37. The summed E-state index contributed by atoms with van der Waals surface area (Å²) in [6.07, 6.45) is 4.76. The van der Waals surface area contributed by atoms with E-state index in [2.05, 4.69) is 10.5 Å². The van der Waals surface area contributed by atoms with Crippen molar-refractivity contribution in [3.8, 4) is 0 Å². The Balaban J connectivity index is 1.42. The highest BCUT2D eigenvalue weighted by Gasteiger charge is 2.45. The summed E-state index contributed by atoms with van der Waals surface area (Å²) in [5.41, 5.74) is 1.25. The molecule has 1 saturated carbocycles. The molecule has 1 aromatic carbocycles. The van der Waals surface area contributed by atoms with E-state index in [0.29, 0.717) is 32.1 Å². The van der Waals surface area contributed by atoms with Crippen molar-refractivity contribution in [1.29, 1.82) is 0 Å². The van der Waals surface area contributed by atoms with Crippen LogP contribution in [0.1, 0.15) is 44.1 Å². The third-order valence-electron chi connectivity index (χ3n) is 5.37. The molecule has 1 amide bonds. The number of carbonyl (C=O) groups is 1. The fourth-order valence-electron chi connectivity index (χ4n) is 3.64. The zero-order valence-electron chi connectivity index (χ0n) is 14.2. The molecule has 0 bridgehead atoms. The first kappa shape index (κ1) is 16.5. The predicted octanol–water partition coefficient (Wildman–Crippen LogP) is 2.78. The van der Waals surface area contributed by atoms with Crippen LogP contribution in [0.25, 0.3) is 0 Å². The number of nitrogens with zero attached hydrogens (tertiary/aromatic N) is 1. The summed E-state index contributed by atoms with van der Waals surface area (Å²) in [6, 6.07) is 6.62. The monoisotopic (exact) mass is 346 g/mol. The molecule has 134 valence electrons. The van der Waals surface area contributed by atoms with Gasteiger partial charge in [0.1, 0.15) is 11.9 Å². The van der Waals surface area contributed by atoms with E-state index in [0.717, 1.165) is 37.0 Å². The Kier molecular flexibility index (Phi) is 4.46. The van der Waals surface area contributed by atoms with Gasteiger partial charge in [-0.25, -0.2) is 4.39 Å². The SMILES string of the molecule is O=C(NC1CC1)C1(CC2CC(c3ccc(F)cc3)=NO2)CCOCC1. The molecule has 3 aliphatic rings. The highest BCUT2D eigenvalue weighted by Crippen LogP contribution is 2.39. The zero-order valence-corrected chi connectivity index (χ0v) is 14.2. The van der Waals surface area contributed by atoms with Gasteiger partial charge in [0.05, 0.1) is 11.1 Å². The standard InChI is InChI=1S/C19H23FN2O3/c20-14-3-1-13(2-4-14)17-11-16(25-22-17)12-19(7-9-24-10-8-19)18(23)21-15-5-6-15/h1-4,15-16H,5-12H2,(H,21,23). The first-order chi connectivity index (χ1) is 12.1. The van der Waals surface area contributed by atoms with Gasteiger partial charge in [0.15, 0.2) is 0 Å². The van der Waals surface area contributed by atoms with Crippen molar-refractivity contribution >= 4 is 11.6 Å². The maximum Gasteiger partial charge on any atom is 0.226 e. The molecule has 2 heterocycles. The molecule has 1 saturated heterocycles. The number of ether oxygens (including phenoxy) is 1. The van der Waals surface area contributed by atoms with Gasteiger partial charge in [0.25, 0.3) is 0 Å². The number of carbonyl (C=O) groups excluding carboxylic acids is 1. The molecule has 1 aromatic rings. The first-order valence-electron chi connectivity index (χ1n) is 9.02. The second kappa shape index (κ2) is 6.75. The highest BCUT2D eigenvalue weighted by atomic mass is 19.1. The Hall–Kier alpha value is -1.95. The summed E-state index contributed by atoms with van der Waals surface area (Å²) in [7, 11) is 0. The molecule has 0 aromatic heterocycles. The number of hydrogen-bond donors (Lipinski definition) is 1. The molecule has 6 heteroatoms. The van der Waals surface area contributed by atoms with Crippen LogP contribution >= 0.6 is 0 Å². The van der Waals surface area contributed by atoms with E-state index in [1.54, 1.807) is 12.1 Å². The van der Waals surface area contributed by atoms with Crippen molar-refractivity contribution in [3.63, 3.8) is 0 Å². The largest absolute Gasteiger partial charge is 0.392 e. The van der Waals surface area contributed by atoms with Crippen LogP contribution < -0.4 is 5.32 Å². The maximum absolute atomic E-state index is 13.1. The van der Waals surface area contributed by atoms with E-state index in [-0.39, 0.29) is 17.8 Å². The van der Waals surface area contributed by atoms with Gasteiger partial charge in [-0.15, -0.1) is 0 Å². The number of amides is 1. The van der Waals surface area contributed by atoms with Crippen LogP contribution in [0.4, 0.5) is 4.39 Å². The zero-order chi connectivity index (χ0) is 17.3. The maximum atomic E-state index is 13.1. The molecule has 5 nitrogen and oxygen atoms in total. The minimum Gasteiger partial charge on any atom is -0.392 e. The average Bonchev–Trinajstić information content (AvgIpc) is 3.32. The van der Waals surface area contributed by atoms with Gasteiger partial charge in [-0.1, -0.05) is 17.3 Å². The number of rotatable bonds is 5. The van der Waals surface area contributed by atoms with Crippen LogP contribution in [0, 0.1) is 11.2 Å². The van der Waals surface area contributed by atoms with Gasteiger partial charge in [-0.3, -0.25) is 4.79 Å². The van der Waals surface area contributed by atoms with Gasteiger partial charge in [0, 0.05) is 32.1 Å². The quantitative estimate of drug-likeness (QED) is 0.892. The van der Waals surface area contributed by atoms with Crippen molar-refractivity contribution in [3.05, 3.63) is 35.6 Å². The number of nitrogens with one attached hydrogen (secondary N) is 1. The molecule has 1 unspecified atom stereocenters. The van der Waals surface area contributed by atoms with E-state index in [1.165, 1.54) is 12.1 Å². The number of oxime groups is 1. The number of benzene rings is 1. The summed E-state index contributed by atoms with van der Waals surface area (Å²) < 4.78 is 18.6. The van der Waals surface area contributed by atoms with E-state index in [9.17, 15) is 9.18 Å². The average molecular weight is 346 g/mol. The summed E-state index contributed by atoms with van der Waals surface area (Å²) >= 11 is 0. The van der Waals surface area contributed by atoms with Gasteiger partial charge in [0.2, 0.25) is 5.91 Å². The Morgan fingerprint density at radius 2 is 1.96 bits per heavy atom. The molecule has 0 radical (unpaired) electrons. The topological polar surface area (TPSA) is 59.9 Å². The van der Waals surface area contributed by atoms with E-state index < -0.39 is 5.41 Å². The number of halogens is 1. The third kappa shape index (κ3) is 3.68. The smallest absolute Gasteiger partial charge is 0.226 e. The lowest BCUT2D eigenvalue weighted by Crippen LogP contribution is -2.47. The van der Waals surface area contributed by atoms with Crippen molar-refractivity contribution in [2.24, 2.45) is 10.6 Å². The van der Waals surface area contributed by atoms with Crippen molar-refractivity contribution in [1.82, 2.24) is 5.32 Å². The van der Waals surface area contributed by atoms with Crippen molar-refractivity contribution in [2.75, 3.05) is 13.2 Å². The van der Waals surface area contributed by atoms with Gasteiger partial charge in [-0.05, 0) is 43.4 Å². The molecular weight excluding hydrogens is 323 g/mol. The van der Waals surface area contributed by atoms with Crippen molar-refractivity contribution in [2.45, 2.75) is 50.7 Å². The van der Waals surface area contributed by atoms with E-state index in [4.69, 9.17) is 9.57 Å². The normalized spacial score (nSPS) is 25.2. The van der Waals surface area contributed by atoms with Gasteiger partial charge >= 0.3 is 0 Å². The predicted molar refractivity (Wildman–Crippen MR) is 90.7 cm³/mol. The van der Waals surface area contributed by atoms with Crippen LogP contribution in [-0.4, -0.2) is 37.0 Å². The lowest BCUT2D eigenvalue weighted by molar-refractivity contribution is -0.140. The first-order valence-corrected chi connectivity index (χ1v) is 9.02. The Labute approximate surface area is 146 Å². The third-order valence-corrected chi connectivity index (χ3v) is 5.37. The van der Waals surface area contributed by atoms with Crippen LogP contribution in [-0.2, 0) is 14.4 Å². The summed E-state index contributed by atoms with van der Waals surface area (Å²) in [5.74, 6) is -0.130. The van der Waals surface area contributed by atoms with Crippen molar-refractivity contribution < 1.29 is 18.8 Å². The van der Waals surface area contributed by atoms with Crippen LogP contribution in [0.15, 0.2) is 29.4 Å². The Bertz CT molecular complexity index is 664. The molecule has 25 heavy (non-hydrogen) atoms. The van der Waals surface area contributed by atoms with Crippen LogP contribution in [0.3, 0.4) is 0 Å². The molecule has 1 N–H and O–H groups in total. The second-order valence-electron chi connectivity index (χ2n) is 7.32. The van der Waals surface area contributed by atoms with Gasteiger partial charge in [-0.2, -0.15) is 0 Å². The fraction of sp³-hybridized carbons (Fsp3) is 0.579. The lowest BCUT2D eigenvalue weighted by atomic mass is 9.74. The number of hydrogen-bond acceptors (Lipinski definition) is 4. The Morgan fingerprint density at radius 1 is 1.24 bits per heavy atom. The molecule has 1 atom stereocenters. The second-order valence-corrected chi connectivity index (χ2v) is 7.32. The summed E-state index contributed by atoms with van der Waals surface area (Å²) in [5, 5.41) is 7.34. The highest BCUT2D eigenvalue weighted by molar-refractivity contribution is 6.01. The van der Waals surface area contributed by atoms with Crippen LogP contribution in [0.5, 0.6) is 0 Å². The molecule has 2 aliphatic heterocycles. The van der Waals surface area contributed by atoms with E-state index >= 15 is 0 Å². The van der Waals surface area contributed by atoms with Crippen LogP contribution in [0.2, 0.25) is 0 Å². The molecule has 1 aliphatic carbocycles. The molecule has 4 rings (SSSR count). The van der Waals surface area contributed by atoms with E-state index in [1.807, 2.05) is 0 Å². The molecular formula is C19H23FN2O3. The summed E-state index contributed by atoms with van der Waals surface area (Å²) in [4.78, 5) is 18.5. The minimum absolute atomic E-state index is 0.122. The summed E-state index contributed by atoms with van der Waals surface area (Å²) in [6.45, 7) is 1.22. The Morgan fingerprint density at radius 3 is 2.64 bits per heavy atom. The van der Waals surface area contributed by atoms with Gasteiger partial charge < -0.3 is 14.9 Å². The minimum atomic E-state index is -0.431. The molecule has 0 spiro atoms.